The minimum atomic E-state index is -0.819. The third kappa shape index (κ3) is 4.37. The van der Waals surface area contributed by atoms with Crippen molar-refractivity contribution in [2.75, 3.05) is 13.7 Å². The SMILES string of the molecule is COC(=O)CC(C)(N)C1CCCN1C(=O)OC(C)(C)C. The molecule has 2 unspecified atom stereocenters. The fraction of sp³-hybridized carbons (Fsp3) is 0.857. The van der Waals surface area contributed by atoms with Gasteiger partial charge in [0.2, 0.25) is 0 Å². The number of ether oxygens (including phenoxy) is 2. The van der Waals surface area contributed by atoms with Gasteiger partial charge >= 0.3 is 12.1 Å². The molecule has 0 aromatic heterocycles. The van der Waals surface area contributed by atoms with Crippen LogP contribution >= 0.6 is 0 Å². The van der Waals surface area contributed by atoms with Crippen molar-refractivity contribution in [3.8, 4) is 0 Å². The van der Waals surface area contributed by atoms with Gasteiger partial charge in [-0.2, -0.15) is 0 Å². The Balaban J connectivity index is 2.78. The Morgan fingerprint density at radius 3 is 2.40 bits per heavy atom. The smallest absolute Gasteiger partial charge is 0.410 e. The number of hydrogen-bond acceptors (Lipinski definition) is 5. The number of rotatable bonds is 3. The first-order chi connectivity index (χ1) is 9.07. The molecule has 1 rings (SSSR count). The summed E-state index contributed by atoms with van der Waals surface area (Å²) in [6.45, 7) is 7.86. The van der Waals surface area contributed by atoms with Crippen LogP contribution in [0, 0.1) is 0 Å². The molecule has 6 nitrogen and oxygen atoms in total. The third-order valence-electron chi connectivity index (χ3n) is 3.39. The Hall–Kier alpha value is -1.30. The van der Waals surface area contributed by atoms with Crippen LogP contribution < -0.4 is 5.73 Å². The summed E-state index contributed by atoms with van der Waals surface area (Å²) in [4.78, 5) is 25.3. The summed E-state index contributed by atoms with van der Waals surface area (Å²) in [5, 5.41) is 0. The lowest BCUT2D eigenvalue weighted by Gasteiger charge is -2.37. The van der Waals surface area contributed by atoms with Gasteiger partial charge in [0, 0.05) is 12.1 Å². The van der Waals surface area contributed by atoms with Gasteiger partial charge in [-0.05, 0) is 40.5 Å². The average Bonchev–Trinajstić information content (AvgIpc) is 2.75. The Bertz CT molecular complexity index is 374. The second-order valence-electron chi connectivity index (χ2n) is 6.59. The highest BCUT2D eigenvalue weighted by Gasteiger charge is 2.43. The van der Waals surface area contributed by atoms with E-state index in [-0.39, 0.29) is 24.5 Å². The van der Waals surface area contributed by atoms with E-state index in [1.807, 2.05) is 20.8 Å². The fourth-order valence-electron chi connectivity index (χ4n) is 2.49. The van der Waals surface area contributed by atoms with Gasteiger partial charge in [-0.3, -0.25) is 4.79 Å². The summed E-state index contributed by atoms with van der Waals surface area (Å²) in [5.41, 5.74) is 4.88. The van der Waals surface area contributed by atoms with Crippen LogP contribution in [0.25, 0.3) is 0 Å². The van der Waals surface area contributed by atoms with Crippen molar-refractivity contribution in [3.05, 3.63) is 0 Å². The van der Waals surface area contributed by atoms with E-state index < -0.39 is 11.1 Å². The topological polar surface area (TPSA) is 81.9 Å². The first-order valence-electron chi connectivity index (χ1n) is 6.92. The Morgan fingerprint density at radius 2 is 1.90 bits per heavy atom. The third-order valence-corrected chi connectivity index (χ3v) is 3.39. The van der Waals surface area contributed by atoms with Gasteiger partial charge in [0.1, 0.15) is 5.60 Å². The molecular formula is C14H26N2O4. The van der Waals surface area contributed by atoms with Crippen LogP contribution in [0.4, 0.5) is 4.79 Å². The molecule has 116 valence electrons. The number of nitrogens with two attached hydrogens (primary N) is 1. The molecule has 1 amide bonds. The minimum Gasteiger partial charge on any atom is -0.469 e. The van der Waals surface area contributed by atoms with Gasteiger partial charge in [-0.1, -0.05) is 0 Å². The Labute approximate surface area is 120 Å². The monoisotopic (exact) mass is 286 g/mol. The van der Waals surface area contributed by atoms with Crippen LogP contribution in [0.5, 0.6) is 0 Å². The van der Waals surface area contributed by atoms with Gasteiger partial charge in [-0.25, -0.2) is 4.79 Å². The van der Waals surface area contributed by atoms with Crippen LogP contribution in [0.15, 0.2) is 0 Å². The molecule has 6 heteroatoms. The van der Waals surface area contributed by atoms with Gasteiger partial charge < -0.3 is 20.1 Å². The molecule has 0 radical (unpaired) electrons. The molecule has 0 spiro atoms. The summed E-state index contributed by atoms with van der Waals surface area (Å²) < 4.78 is 10.1. The van der Waals surface area contributed by atoms with Gasteiger partial charge in [-0.15, -0.1) is 0 Å². The molecule has 2 atom stereocenters. The Kier molecular flexibility index (Phi) is 5.02. The van der Waals surface area contributed by atoms with E-state index in [1.54, 1.807) is 11.8 Å². The maximum atomic E-state index is 12.2. The van der Waals surface area contributed by atoms with Crippen molar-refractivity contribution in [3.63, 3.8) is 0 Å². The Morgan fingerprint density at radius 1 is 1.30 bits per heavy atom. The van der Waals surface area contributed by atoms with E-state index in [0.29, 0.717) is 6.54 Å². The standard InChI is InChI=1S/C14H26N2O4/c1-13(2,3)20-12(18)16-8-6-7-10(16)14(4,15)9-11(17)19-5/h10H,6-9,15H2,1-5H3. The molecule has 0 aliphatic carbocycles. The average molecular weight is 286 g/mol. The lowest BCUT2D eigenvalue weighted by atomic mass is 9.88. The van der Waals surface area contributed by atoms with E-state index in [1.165, 1.54) is 7.11 Å². The largest absolute Gasteiger partial charge is 0.469 e. The molecule has 1 saturated heterocycles. The lowest BCUT2D eigenvalue weighted by molar-refractivity contribution is -0.142. The maximum absolute atomic E-state index is 12.2. The molecule has 20 heavy (non-hydrogen) atoms. The zero-order chi connectivity index (χ0) is 15.6. The summed E-state index contributed by atoms with van der Waals surface area (Å²) >= 11 is 0. The molecular weight excluding hydrogens is 260 g/mol. The molecule has 0 aromatic carbocycles. The fourth-order valence-corrected chi connectivity index (χ4v) is 2.49. The summed E-state index contributed by atoms with van der Waals surface area (Å²) in [5.74, 6) is -0.369. The van der Waals surface area contributed by atoms with Gasteiger partial charge in [0.05, 0.1) is 19.6 Å². The molecule has 0 bridgehead atoms. The van der Waals surface area contributed by atoms with Crippen molar-refractivity contribution in [1.29, 1.82) is 0 Å². The number of likely N-dealkylation sites (tertiary alicyclic amines) is 1. The molecule has 1 aliphatic heterocycles. The van der Waals surface area contributed by atoms with Crippen LogP contribution in [-0.2, 0) is 14.3 Å². The number of nitrogens with zero attached hydrogens (tertiary/aromatic N) is 1. The first kappa shape index (κ1) is 16.8. The second kappa shape index (κ2) is 5.99. The predicted octanol–water partition coefficient (Wildman–Crippen LogP) is 1.67. The zero-order valence-electron chi connectivity index (χ0n) is 13.1. The highest BCUT2D eigenvalue weighted by molar-refractivity contribution is 5.72. The number of methoxy groups -OCH3 is 1. The highest BCUT2D eigenvalue weighted by atomic mass is 16.6. The van der Waals surface area contributed by atoms with Gasteiger partial charge in [0.15, 0.2) is 0 Å². The number of esters is 1. The number of amides is 1. The molecule has 0 aromatic rings. The quantitative estimate of drug-likeness (QED) is 0.798. The van der Waals surface area contributed by atoms with Gasteiger partial charge in [0.25, 0.3) is 0 Å². The summed E-state index contributed by atoms with van der Waals surface area (Å²) in [6, 6.07) is -0.212. The van der Waals surface area contributed by atoms with Crippen molar-refractivity contribution in [2.45, 2.75) is 64.1 Å². The molecule has 0 saturated carbocycles. The second-order valence-corrected chi connectivity index (χ2v) is 6.59. The first-order valence-corrected chi connectivity index (χ1v) is 6.92. The van der Waals surface area contributed by atoms with E-state index in [0.717, 1.165) is 12.8 Å². The predicted molar refractivity (Wildman–Crippen MR) is 75.2 cm³/mol. The molecule has 2 N–H and O–H groups in total. The van der Waals surface area contributed by atoms with Crippen molar-refractivity contribution >= 4 is 12.1 Å². The molecule has 1 fully saturated rings. The van der Waals surface area contributed by atoms with E-state index in [4.69, 9.17) is 10.5 Å². The number of hydrogen-bond donors (Lipinski definition) is 1. The molecule has 1 heterocycles. The van der Waals surface area contributed by atoms with Crippen LogP contribution in [-0.4, -0.2) is 47.8 Å². The van der Waals surface area contributed by atoms with E-state index in [2.05, 4.69) is 4.74 Å². The summed E-state index contributed by atoms with van der Waals surface area (Å²) in [6.07, 6.45) is 1.33. The molecule has 1 aliphatic rings. The van der Waals surface area contributed by atoms with Crippen LogP contribution in [0.2, 0.25) is 0 Å². The lowest BCUT2D eigenvalue weighted by Crippen LogP contribution is -2.57. The number of carbonyl (C=O) groups is 2. The zero-order valence-corrected chi connectivity index (χ0v) is 13.1. The van der Waals surface area contributed by atoms with Crippen molar-refractivity contribution < 1.29 is 19.1 Å². The summed E-state index contributed by atoms with van der Waals surface area (Å²) in [7, 11) is 1.33. The van der Waals surface area contributed by atoms with Crippen molar-refractivity contribution in [2.24, 2.45) is 5.73 Å². The normalized spacial score (nSPS) is 22.3. The minimum absolute atomic E-state index is 0.0768. The van der Waals surface area contributed by atoms with E-state index in [9.17, 15) is 9.59 Å². The highest BCUT2D eigenvalue weighted by Crippen LogP contribution is 2.29. The van der Waals surface area contributed by atoms with Crippen LogP contribution in [0.1, 0.15) is 47.0 Å². The van der Waals surface area contributed by atoms with Crippen molar-refractivity contribution in [1.82, 2.24) is 4.90 Å². The van der Waals surface area contributed by atoms with Crippen LogP contribution in [0.3, 0.4) is 0 Å². The maximum Gasteiger partial charge on any atom is 0.410 e. The van der Waals surface area contributed by atoms with E-state index >= 15 is 0 Å². The number of carbonyl (C=O) groups excluding carboxylic acids is 2.